The van der Waals surface area contributed by atoms with Crippen LogP contribution in [-0.4, -0.2) is 34.1 Å². The molecule has 164 valence electrons. The first-order chi connectivity index (χ1) is 14.7. The van der Waals surface area contributed by atoms with Gasteiger partial charge in [0.05, 0.1) is 6.54 Å². The van der Waals surface area contributed by atoms with Crippen LogP contribution in [-0.2, 0) is 16.8 Å². The molecule has 3 rings (SSSR count). The van der Waals surface area contributed by atoms with Crippen molar-refractivity contribution in [2.75, 3.05) is 7.05 Å². The van der Waals surface area contributed by atoms with Crippen molar-refractivity contribution < 1.29 is 14.1 Å². The molecule has 1 heterocycles. The van der Waals surface area contributed by atoms with Crippen LogP contribution < -0.4 is 4.74 Å². The first kappa shape index (κ1) is 22.5. The summed E-state index contributed by atoms with van der Waals surface area (Å²) in [4.78, 5) is 18.9. The molecule has 6 heteroatoms. The van der Waals surface area contributed by atoms with Gasteiger partial charge in [-0.15, -0.1) is 0 Å². The zero-order valence-electron chi connectivity index (χ0n) is 19.2. The highest BCUT2D eigenvalue weighted by atomic mass is 16.5. The lowest BCUT2D eigenvalue weighted by Crippen LogP contribution is -2.39. The molecule has 0 aliphatic rings. The highest BCUT2D eigenvalue weighted by Crippen LogP contribution is 2.25. The van der Waals surface area contributed by atoms with Gasteiger partial charge in [-0.05, 0) is 42.5 Å². The number of carbonyl (C=O) groups is 1. The minimum Gasteiger partial charge on any atom is -0.481 e. The van der Waals surface area contributed by atoms with E-state index in [1.807, 2.05) is 62.4 Å². The zero-order valence-corrected chi connectivity index (χ0v) is 19.2. The number of hydrogen-bond acceptors (Lipinski definition) is 5. The third-order valence-corrected chi connectivity index (χ3v) is 5.14. The number of likely N-dealkylation sites (N-methyl/N-ethyl adjacent to an activating group) is 1. The Morgan fingerprint density at radius 2 is 1.87 bits per heavy atom. The number of benzene rings is 2. The van der Waals surface area contributed by atoms with E-state index in [9.17, 15) is 4.79 Å². The van der Waals surface area contributed by atoms with E-state index >= 15 is 0 Å². The van der Waals surface area contributed by atoms with Crippen molar-refractivity contribution in [2.45, 2.75) is 59.1 Å². The minimum atomic E-state index is -0.579. The molecule has 3 aromatic rings. The van der Waals surface area contributed by atoms with Crippen molar-refractivity contribution >= 4 is 5.91 Å². The SMILES string of the molecule is CC[C@@H](Oc1ccc(C(C)(C)C)cc1)C(=O)N(C)Cc1nc(-c2cccc(C)c2)no1. The summed E-state index contributed by atoms with van der Waals surface area (Å²) in [5.41, 5.74) is 3.30. The number of hydrogen-bond donors (Lipinski definition) is 0. The molecule has 0 fully saturated rings. The summed E-state index contributed by atoms with van der Waals surface area (Å²) in [5.74, 6) is 1.46. The second kappa shape index (κ2) is 9.33. The molecule has 0 unspecified atom stereocenters. The summed E-state index contributed by atoms with van der Waals surface area (Å²) < 4.78 is 11.3. The van der Waals surface area contributed by atoms with Crippen LogP contribution in [0.5, 0.6) is 5.75 Å². The lowest BCUT2D eigenvalue weighted by atomic mass is 9.87. The van der Waals surface area contributed by atoms with E-state index in [-0.39, 0.29) is 17.9 Å². The highest BCUT2D eigenvalue weighted by Gasteiger charge is 2.24. The molecule has 1 amide bonds. The second-order valence-corrected chi connectivity index (χ2v) is 8.86. The number of nitrogens with zero attached hydrogens (tertiary/aromatic N) is 3. The fourth-order valence-corrected chi connectivity index (χ4v) is 3.25. The molecule has 6 nitrogen and oxygen atoms in total. The Hall–Kier alpha value is -3.15. The molecule has 0 bridgehead atoms. The average Bonchev–Trinajstić information content (AvgIpc) is 3.19. The number of amides is 1. The van der Waals surface area contributed by atoms with Gasteiger partial charge >= 0.3 is 0 Å². The Morgan fingerprint density at radius 3 is 2.48 bits per heavy atom. The zero-order chi connectivity index (χ0) is 22.6. The summed E-state index contributed by atoms with van der Waals surface area (Å²) in [6.07, 6.45) is -0.0209. The quantitative estimate of drug-likeness (QED) is 0.527. The largest absolute Gasteiger partial charge is 0.481 e. The third kappa shape index (κ3) is 5.72. The molecule has 31 heavy (non-hydrogen) atoms. The van der Waals surface area contributed by atoms with Gasteiger partial charge in [0.15, 0.2) is 6.10 Å². The molecular formula is C25H31N3O3. The molecule has 0 N–H and O–H groups in total. The van der Waals surface area contributed by atoms with Crippen LogP contribution >= 0.6 is 0 Å². The van der Waals surface area contributed by atoms with Gasteiger partial charge in [-0.25, -0.2) is 0 Å². The van der Waals surface area contributed by atoms with Crippen LogP contribution in [0.3, 0.4) is 0 Å². The molecule has 1 aromatic heterocycles. The van der Waals surface area contributed by atoms with E-state index in [2.05, 4.69) is 30.9 Å². The van der Waals surface area contributed by atoms with Crippen molar-refractivity contribution in [3.05, 3.63) is 65.5 Å². The molecule has 0 radical (unpaired) electrons. The maximum atomic E-state index is 12.9. The van der Waals surface area contributed by atoms with E-state index in [0.717, 1.165) is 11.1 Å². The summed E-state index contributed by atoms with van der Waals surface area (Å²) in [6, 6.07) is 15.8. The van der Waals surface area contributed by atoms with Gasteiger partial charge in [0, 0.05) is 12.6 Å². The fraction of sp³-hybridized carbons (Fsp3) is 0.400. The van der Waals surface area contributed by atoms with Crippen LogP contribution in [0.2, 0.25) is 0 Å². The van der Waals surface area contributed by atoms with Gasteiger partial charge < -0.3 is 14.2 Å². The molecule has 1 atom stereocenters. The predicted molar refractivity (Wildman–Crippen MR) is 121 cm³/mol. The predicted octanol–water partition coefficient (Wildman–Crippen LogP) is 5.16. The normalized spacial score (nSPS) is 12.5. The van der Waals surface area contributed by atoms with Crippen molar-refractivity contribution in [1.29, 1.82) is 0 Å². The van der Waals surface area contributed by atoms with E-state index < -0.39 is 6.10 Å². The molecule has 0 aliphatic carbocycles. The Kier molecular flexibility index (Phi) is 6.78. The lowest BCUT2D eigenvalue weighted by molar-refractivity contribution is -0.138. The highest BCUT2D eigenvalue weighted by molar-refractivity contribution is 5.81. The molecule has 0 aliphatic heterocycles. The van der Waals surface area contributed by atoms with Gasteiger partial charge in [-0.3, -0.25) is 4.79 Å². The maximum absolute atomic E-state index is 12.9. The van der Waals surface area contributed by atoms with Gasteiger partial charge in [-0.1, -0.05) is 68.7 Å². The van der Waals surface area contributed by atoms with Gasteiger partial charge in [-0.2, -0.15) is 4.98 Å². The standard InChI is InChI=1S/C25H31N3O3/c1-7-21(30-20-13-11-19(12-14-20)25(3,4)5)24(29)28(6)16-22-26-23(27-31-22)18-10-8-9-17(2)15-18/h8-15,21H,7,16H2,1-6H3/t21-/m1/s1. The summed E-state index contributed by atoms with van der Waals surface area (Å²) in [6.45, 7) is 10.7. The summed E-state index contributed by atoms with van der Waals surface area (Å²) in [7, 11) is 1.72. The van der Waals surface area contributed by atoms with Gasteiger partial charge in [0.1, 0.15) is 5.75 Å². The maximum Gasteiger partial charge on any atom is 0.263 e. The lowest BCUT2D eigenvalue weighted by Gasteiger charge is -2.23. The van der Waals surface area contributed by atoms with Gasteiger partial charge in [0.2, 0.25) is 11.7 Å². The minimum absolute atomic E-state index is 0.0695. The van der Waals surface area contributed by atoms with Crippen molar-refractivity contribution in [3.63, 3.8) is 0 Å². The number of ether oxygens (including phenoxy) is 1. The Morgan fingerprint density at radius 1 is 1.16 bits per heavy atom. The van der Waals surface area contributed by atoms with E-state index in [0.29, 0.717) is 23.9 Å². The van der Waals surface area contributed by atoms with Crippen LogP contribution in [0.15, 0.2) is 53.1 Å². The Balaban J connectivity index is 1.64. The third-order valence-electron chi connectivity index (χ3n) is 5.14. The molecule has 0 spiro atoms. The number of carbonyl (C=O) groups excluding carboxylic acids is 1. The van der Waals surface area contributed by atoms with Gasteiger partial charge in [0.25, 0.3) is 5.91 Å². The molecule has 0 saturated carbocycles. The van der Waals surface area contributed by atoms with E-state index in [1.54, 1.807) is 11.9 Å². The number of rotatable bonds is 7. The Labute approximate surface area is 184 Å². The second-order valence-electron chi connectivity index (χ2n) is 8.86. The average molecular weight is 422 g/mol. The van der Waals surface area contributed by atoms with Crippen molar-refractivity contribution in [3.8, 4) is 17.1 Å². The summed E-state index contributed by atoms with van der Waals surface area (Å²) in [5, 5.41) is 4.05. The first-order valence-corrected chi connectivity index (χ1v) is 10.6. The smallest absolute Gasteiger partial charge is 0.263 e. The van der Waals surface area contributed by atoms with Crippen LogP contribution in [0.25, 0.3) is 11.4 Å². The van der Waals surface area contributed by atoms with E-state index in [4.69, 9.17) is 9.26 Å². The molecule has 2 aromatic carbocycles. The summed E-state index contributed by atoms with van der Waals surface area (Å²) >= 11 is 0. The molecule has 0 saturated heterocycles. The Bertz CT molecular complexity index is 1020. The first-order valence-electron chi connectivity index (χ1n) is 10.6. The van der Waals surface area contributed by atoms with Crippen molar-refractivity contribution in [1.82, 2.24) is 15.0 Å². The van der Waals surface area contributed by atoms with Crippen LogP contribution in [0.1, 0.15) is 51.1 Å². The van der Waals surface area contributed by atoms with E-state index in [1.165, 1.54) is 5.56 Å². The topological polar surface area (TPSA) is 68.5 Å². The van der Waals surface area contributed by atoms with Crippen LogP contribution in [0, 0.1) is 6.92 Å². The van der Waals surface area contributed by atoms with Crippen LogP contribution in [0.4, 0.5) is 0 Å². The number of aryl methyl sites for hydroxylation is 1. The van der Waals surface area contributed by atoms with Crippen molar-refractivity contribution in [2.24, 2.45) is 0 Å². The number of aromatic nitrogens is 2. The fourth-order valence-electron chi connectivity index (χ4n) is 3.25. The monoisotopic (exact) mass is 421 g/mol. The molecular weight excluding hydrogens is 390 g/mol.